The molecule has 2 aromatic rings. The standard InChI is InChI=1S/C18H19FN2O3S/c1-3-12(4-2)20-18(22)14-11-13(21(23)24)9-10-16(14)25-17-8-6-5-7-15(17)19/h5-12H,3-4H2,1-2H3,(H,20,22). The van der Waals surface area contributed by atoms with Gasteiger partial charge in [-0.05, 0) is 31.0 Å². The van der Waals surface area contributed by atoms with Crippen LogP contribution in [0.5, 0.6) is 0 Å². The third kappa shape index (κ3) is 4.79. The number of hydrogen-bond donors (Lipinski definition) is 1. The predicted octanol–water partition coefficient (Wildman–Crippen LogP) is 4.80. The molecule has 2 rings (SSSR count). The van der Waals surface area contributed by atoms with Crippen molar-refractivity contribution in [3.63, 3.8) is 0 Å². The predicted molar refractivity (Wildman–Crippen MR) is 95.5 cm³/mol. The molecule has 0 saturated heterocycles. The molecule has 1 amide bonds. The van der Waals surface area contributed by atoms with Crippen LogP contribution in [0.4, 0.5) is 10.1 Å². The van der Waals surface area contributed by atoms with Gasteiger partial charge >= 0.3 is 0 Å². The molecule has 2 aromatic carbocycles. The largest absolute Gasteiger partial charge is 0.349 e. The van der Waals surface area contributed by atoms with Crippen molar-refractivity contribution in [2.45, 2.75) is 42.5 Å². The molecule has 0 heterocycles. The van der Waals surface area contributed by atoms with E-state index in [1.807, 2.05) is 13.8 Å². The summed E-state index contributed by atoms with van der Waals surface area (Å²) in [5.74, 6) is -0.798. The molecule has 0 aliphatic rings. The van der Waals surface area contributed by atoms with Crippen LogP contribution >= 0.6 is 11.8 Å². The Bertz CT molecular complexity index is 779. The molecular formula is C18H19FN2O3S. The summed E-state index contributed by atoms with van der Waals surface area (Å²) in [6.45, 7) is 3.91. The number of nitro benzene ring substituents is 1. The van der Waals surface area contributed by atoms with E-state index in [0.717, 1.165) is 24.6 Å². The van der Waals surface area contributed by atoms with Gasteiger partial charge in [0.05, 0.1) is 10.5 Å². The van der Waals surface area contributed by atoms with Gasteiger partial charge in [0.1, 0.15) is 5.82 Å². The lowest BCUT2D eigenvalue weighted by atomic mass is 10.1. The lowest BCUT2D eigenvalue weighted by Gasteiger charge is -2.16. The van der Waals surface area contributed by atoms with E-state index in [2.05, 4.69) is 5.32 Å². The van der Waals surface area contributed by atoms with E-state index < -0.39 is 16.6 Å². The third-order valence-corrected chi connectivity index (χ3v) is 4.92. The molecule has 0 bridgehead atoms. The minimum absolute atomic E-state index is 0.0157. The zero-order valence-corrected chi connectivity index (χ0v) is 14.8. The molecule has 0 radical (unpaired) electrons. The van der Waals surface area contributed by atoms with E-state index >= 15 is 0 Å². The molecule has 0 aromatic heterocycles. The number of carbonyl (C=O) groups excluding carboxylic acids is 1. The first kappa shape index (κ1) is 18.9. The van der Waals surface area contributed by atoms with Crippen molar-refractivity contribution >= 4 is 23.4 Å². The molecule has 132 valence electrons. The van der Waals surface area contributed by atoms with Crippen LogP contribution in [0.25, 0.3) is 0 Å². The molecular weight excluding hydrogens is 343 g/mol. The van der Waals surface area contributed by atoms with Crippen LogP contribution in [0.15, 0.2) is 52.3 Å². The molecule has 0 fully saturated rings. The van der Waals surface area contributed by atoms with Gasteiger partial charge in [-0.15, -0.1) is 0 Å². The molecule has 0 atom stereocenters. The summed E-state index contributed by atoms with van der Waals surface area (Å²) in [7, 11) is 0. The normalized spacial score (nSPS) is 10.7. The summed E-state index contributed by atoms with van der Waals surface area (Å²) in [6, 6.07) is 10.2. The number of amides is 1. The van der Waals surface area contributed by atoms with Crippen molar-refractivity contribution in [1.82, 2.24) is 5.32 Å². The molecule has 7 heteroatoms. The Balaban J connectivity index is 2.40. The Morgan fingerprint density at radius 1 is 1.20 bits per heavy atom. The summed E-state index contributed by atoms with van der Waals surface area (Å²) in [4.78, 5) is 23.9. The van der Waals surface area contributed by atoms with Crippen molar-refractivity contribution in [1.29, 1.82) is 0 Å². The monoisotopic (exact) mass is 362 g/mol. The minimum Gasteiger partial charge on any atom is -0.349 e. The number of carbonyl (C=O) groups is 1. The number of hydrogen-bond acceptors (Lipinski definition) is 4. The number of nitrogens with one attached hydrogen (secondary N) is 1. The van der Waals surface area contributed by atoms with E-state index in [1.165, 1.54) is 24.3 Å². The van der Waals surface area contributed by atoms with Crippen molar-refractivity contribution in [2.24, 2.45) is 0 Å². The fraction of sp³-hybridized carbons (Fsp3) is 0.278. The highest BCUT2D eigenvalue weighted by molar-refractivity contribution is 7.99. The molecule has 5 nitrogen and oxygen atoms in total. The fourth-order valence-electron chi connectivity index (χ4n) is 2.30. The van der Waals surface area contributed by atoms with E-state index in [4.69, 9.17) is 0 Å². The van der Waals surface area contributed by atoms with Gasteiger partial charge in [-0.2, -0.15) is 0 Å². The van der Waals surface area contributed by atoms with Gasteiger partial charge in [0.25, 0.3) is 11.6 Å². The summed E-state index contributed by atoms with van der Waals surface area (Å²) in [5.41, 5.74) is 0.00179. The van der Waals surface area contributed by atoms with E-state index in [1.54, 1.807) is 18.2 Å². The Morgan fingerprint density at radius 3 is 2.48 bits per heavy atom. The Labute approximate surface area is 149 Å². The van der Waals surface area contributed by atoms with Crippen LogP contribution < -0.4 is 5.32 Å². The smallest absolute Gasteiger partial charge is 0.270 e. The summed E-state index contributed by atoms with van der Waals surface area (Å²) >= 11 is 1.07. The highest BCUT2D eigenvalue weighted by Gasteiger charge is 2.20. The summed E-state index contributed by atoms with van der Waals surface area (Å²) in [5, 5.41) is 13.9. The van der Waals surface area contributed by atoms with Crippen LogP contribution in [0.1, 0.15) is 37.0 Å². The third-order valence-electron chi connectivity index (χ3n) is 3.80. The average Bonchev–Trinajstić information content (AvgIpc) is 2.61. The van der Waals surface area contributed by atoms with Crippen molar-refractivity contribution in [3.05, 3.63) is 64.0 Å². The molecule has 0 unspecified atom stereocenters. The van der Waals surface area contributed by atoms with Gasteiger partial charge < -0.3 is 5.32 Å². The molecule has 25 heavy (non-hydrogen) atoms. The second-order valence-electron chi connectivity index (χ2n) is 5.46. The second kappa shape index (κ2) is 8.62. The van der Waals surface area contributed by atoms with E-state index in [-0.39, 0.29) is 17.3 Å². The number of benzene rings is 2. The van der Waals surface area contributed by atoms with Gasteiger partial charge in [-0.1, -0.05) is 37.7 Å². The van der Waals surface area contributed by atoms with Crippen LogP contribution in [0.2, 0.25) is 0 Å². The van der Waals surface area contributed by atoms with Gasteiger partial charge in [0.15, 0.2) is 0 Å². The number of rotatable bonds is 7. The summed E-state index contributed by atoms with van der Waals surface area (Å²) < 4.78 is 13.9. The van der Waals surface area contributed by atoms with Crippen LogP contribution in [0.3, 0.4) is 0 Å². The number of non-ortho nitro benzene ring substituents is 1. The van der Waals surface area contributed by atoms with E-state index in [0.29, 0.717) is 9.79 Å². The highest BCUT2D eigenvalue weighted by atomic mass is 32.2. The Kier molecular flexibility index (Phi) is 6.52. The van der Waals surface area contributed by atoms with Crippen molar-refractivity contribution < 1.29 is 14.1 Å². The molecule has 1 N–H and O–H groups in total. The lowest BCUT2D eigenvalue weighted by molar-refractivity contribution is -0.384. The maximum absolute atomic E-state index is 13.9. The number of nitro groups is 1. The Morgan fingerprint density at radius 2 is 1.88 bits per heavy atom. The molecule has 0 spiro atoms. The first-order valence-corrected chi connectivity index (χ1v) is 8.79. The molecule has 0 saturated carbocycles. The summed E-state index contributed by atoms with van der Waals surface area (Å²) in [6.07, 6.45) is 1.51. The lowest BCUT2D eigenvalue weighted by Crippen LogP contribution is -2.34. The first-order chi connectivity index (χ1) is 12.0. The van der Waals surface area contributed by atoms with Crippen LogP contribution in [-0.2, 0) is 0 Å². The number of nitrogens with zero attached hydrogens (tertiary/aromatic N) is 1. The number of halogens is 1. The van der Waals surface area contributed by atoms with Crippen molar-refractivity contribution in [3.8, 4) is 0 Å². The fourth-order valence-corrected chi connectivity index (χ4v) is 3.25. The van der Waals surface area contributed by atoms with Crippen LogP contribution in [-0.4, -0.2) is 16.9 Å². The van der Waals surface area contributed by atoms with Crippen molar-refractivity contribution in [2.75, 3.05) is 0 Å². The molecule has 0 aliphatic heterocycles. The van der Waals surface area contributed by atoms with Gasteiger partial charge in [0, 0.05) is 28.0 Å². The quantitative estimate of drug-likeness (QED) is 0.567. The van der Waals surface area contributed by atoms with Gasteiger partial charge in [-0.3, -0.25) is 14.9 Å². The highest BCUT2D eigenvalue weighted by Crippen LogP contribution is 2.34. The first-order valence-electron chi connectivity index (χ1n) is 7.97. The van der Waals surface area contributed by atoms with Gasteiger partial charge in [0.2, 0.25) is 0 Å². The molecule has 0 aliphatic carbocycles. The van der Waals surface area contributed by atoms with Crippen LogP contribution in [0, 0.1) is 15.9 Å². The average molecular weight is 362 g/mol. The van der Waals surface area contributed by atoms with E-state index in [9.17, 15) is 19.3 Å². The Hall–Kier alpha value is -2.41. The topological polar surface area (TPSA) is 72.2 Å². The maximum Gasteiger partial charge on any atom is 0.270 e. The SMILES string of the molecule is CCC(CC)NC(=O)c1cc([N+](=O)[O-])ccc1Sc1ccccc1F. The van der Waals surface area contributed by atoms with Gasteiger partial charge in [-0.25, -0.2) is 4.39 Å². The zero-order valence-electron chi connectivity index (χ0n) is 14.0. The maximum atomic E-state index is 13.9. The second-order valence-corrected chi connectivity index (χ2v) is 6.54. The minimum atomic E-state index is -0.550. The zero-order chi connectivity index (χ0) is 18.4.